The van der Waals surface area contributed by atoms with Crippen LogP contribution in [0.3, 0.4) is 0 Å². The van der Waals surface area contributed by atoms with Gasteiger partial charge in [0, 0.05) is 35.4 Å². The second-order valence-corrected chi connectivity index (χ2v) is 5.81. The Balaban J connectivity index is 1.56. The van der Waals surface area contributed by atoms with Gasteiger partial charge in [0.25, 0.3) is 5.22 Å². The van der Waals surface area contributed by atoms with Crippen LogP contribution in [-0.4, -0.2) is 26.8 Å². The average Bonchev–Trinajstić information content (AvgIpc) is 3.04. The number of aromatic nitrogens is 3. The van der Waals surface area contributed by atoms with Crippen LogP contribution in [0.4, 0.5) is 5.69 Å². The third kappa shape index (κ3) is 4.17. The van der Waals surface area contributed by atoms with Crippen molar-refractivity contribution in [2.75, 3.05) is 11.9 Å². The molecule has 1 N–H and O–H groups in total. The lowest BCUT2D eigenvalue weighted by atomic mass is 10.2. The van der Waals surface area contributed by atoms with Gasteiger partial charge in [0.15, 0.2) is 0 Å². The number of hydrogen-bond donors (Lipinski definition) is 1. The molecule has 0 saturated heterocycles. The Kier molecular flexibility index (Phi) is 4.68. The molecule has 0 bridgehead atoms. The van der Waals surface area contributed by atoms with Crippen LogP contribution in [0.2, 0.25) is 0 Å². The number of pyridine rings is 1. The van der Waals surface area contributed by atoms with Crippen molar-refractivity contribution in [3.05, 3.63) is 54.4 Å². The van der Waals surface area contributed by atoms with Crippen molar-refractivity contribution in [3.63, 3.8) is 0 Å². The Morgan fingerprint density at radius 3 is 2.61 bits per heavy atom. The second kappa shape index (κ2) is 7.06. The van der Waals surface area contributed by atoms with E-state index in [9.17, 15) is 4.79 Å². The Hall–Kier alpha value is -2.67. The van der Waals surface area contributed by atoms with Crippen LogP contribution in [0.25, 0.3) is 11.5 Å². The first kappa shape index (κ1) is 15.2. The van der Waals surface area contributed by atoms with Gasteiger partial charge in [-0.15, -0.1) is 10.2 Å². The molecule has 116 valence electrons. The molecule has 3 rings (SSSR count). The van der Waals surface area contributed by atoms with Gasteiger partial charge >= 0.3 is 0 Å². The molecule has 0 aliphatic heterocycles. The SMILES string of the molecule is Cc1ccc(NCC(=O)Sc2nnc(-c3ccncc3)o2)cc1. The van der Waals surface area contributed by atoms with Crippen LogP contribution in [0.1, 0.15) is 5.56 Å². The van der Waals surface area contributed by atoms with Crippen LogP contribution >= 0.6 is 11.8 Å². The second-order valence-electron chi connectivity index (χ2n) is 4.80. The maximum atomic E-state index is 12.0. The van der Waals surface area contributed by atoms with E-state index >= 15 is 0 Å². The molecule has 0 unspecified atom stereocenters. The number of anilines is 1. The van der Waals surface area contributed by atoms with E-state index in [0.717, 1.165) is 23.0 Å². The van der Waals surface area contributed by atoms with Crippen molar-refractivity contribution in [1.29, 1.82) is 0 Å². The fourth-order valence-electron chi connectivity index (χ4n) is 1.84. The van der Waals surface area contributed by atoms with Crippen LogP contribution in [-0.2, 0) is 4.79 Å². The molecular formula is C16H14N4O2S. The molecule has 6 nitrogen and oxygen atoms in total. The third-order valence-electron chi connectivity index (χ3n) is 3.02. The molecule has 0 fully saturated rings. The summed E-state index contributed by atoms with van der Waals surface area (Å²) in [6, 6.07) is 11.4. The lowest BCUT2D eigenvalue weighted by Gasteiger charge is -2.04. The molecule has 1 aromatic carbocycles. The molecule has 0 aliphatic rings. The summed E-state index contributed by atoms with van der Waals surface area (Å²) < 4.78 is 5.47. The fourth-order valence-corrected chi connectivity index (χ4v) is 2.38. The molecule has 3 aromatic rings. The number of thioether (sulfide) groups is 1. The standard InChI is InChI=1S/C16H14N4O2S/c1-11-2-4-13(5-3-11)18-10-14(21)23-16-20-19-15(22-16)12-6-8-17-9-7-12/h2-9,18H,10H2,1H3. The lowest BCUT2D eigenvalue weighted by Crippen LogP contribution is -2.10. The first-order chi connectivity index (χ1) is 11.2. The summed E-state index contributed by atoms with van der Waals surface area (Å²) in [6.45, 7) is 2.20. The highest BCUT2D eigenvalue weighted by Gasteiger charge is 2.13. The fraction of sp³-hybridized carbons (Fsp3) is 0.125. The molecule has 2 heterocycles. The molecule has 2 aromatic heterocycles. The van der Waals surface area contributed by atoms with E-state index in [1.165, 1.54) is 5.56 Å². The highest BCUT2D eigenvalue weighted by Crippen LogP contribution is 2.23. The van der Waals surface area contributed by atoms with E-state index in [2.05, 4.69) is 20.5 Å². The summed E-state index contributed by atoms with van der Waals surface area (Å²) in [5, 5.41) is 11.0. The van der Waals surface area contributed by atoms with Gasteiger partial charge < -0.3 is 9.73 Å². The predicted molar refractivity (Wildman–Crippen MR) is 88.1 cm³/mol. The van der Waals surface area contributed by atoms with Gasteiger partial charge in [0.1, 0.15) is 0 Å². The molecule has 7 heteroatoms. The molecule has 0 atom stereocenters. The summed E-state index contributed by atoms with van der Waals surface area (Å²) in [4.78, 5) is 15.9. The molecule has 23 heavy (non-hydrogen) atoms. The van der Waals surface area contributed by atoms with Gasteiger partial charge in [-0.2, -0.15) is 0 Å². The van der Waals surface area contributed by atoms with Gasteiger partial charge in [-0.05, 0) is 31.2 Å². The normalized spacial score (nSPS) is 10.5. The van der Waals surface area contributed by atoms with Crippen LogP contribution in [0, 0.1) is 6.92 Å². The van der Waals surface area contributed by atoms with E-state index < -0.39 is 0 Å². The van der Waals surface area contributed by atoms with Crippen molar-refractivity contribution >= 4 is 22.6 Å². The zero-order chi connectivity index (χ0) is 16.1. The van der Waals surface area contributed by atoms with Crippen molar-refractivity contribution < 1.29 is 9.21 Å². The Bertz CT molecular complexity index is 787. The van der Waals surface area contributed by atoms with E-state index in [0.29, 0.717) is 5.89 Å². The lowest BCUT2D eigenvalue weighted by molar-refractivity contribution is -0.109. The molecule has 0 amide bonds. The van der Waals surface area contributed by atoms with Crippen molar-refractivity contribution in [1.82, 2.24) is 15.2 Å². The molecule has 0 radical (unpaired) electrons. The number of carbonyl (C=O) groups is 1. The summed E-state index contributed by atoms with van der Waals surface area (Å²) in [5.41, 5.74) is 2.84. The molecule has 0 spiro atoms. The third-order valence-corrected chi connectivity index (χ3v) is 3.73. The van der Waals surface area contributed by atoms with Crippen LogP contribution < -0.4 is 5.32 Å². The minimum Gasteiger partial charge on any atom is -0.411 e. The van der Waals surface area contributed by atoms with Crippen molar-refractivity contribution in [2.45, 2.75) is 12.1 Å². The molecule has 0 saturated carbocycles. The number of aryl methyl sites for hydroxylation is 1. The Morgan fingerprint density at radius 1 is 1.13 bits per heavy atom. The number of hydrogen-bond acceptors (Lipinski definition) is 7. The number of rotatable bonds is 5. The summed E-state index contributed by atoms with van der Waals surface area (Å²) in [7, 11) is 0. The Labute approximate surface area is 137 Å². The number of benzene rings is 1. The van der Waals surface area contributed by atoms with Crippen molar-refractivity contribution in [3.8, 4) is 11.5 Å². The smallest absolute Gasteiger partial charge is 0.284 e. The largest absolute Gasteiger partial charge is 0.411 e. The van der Waals surface area contributed by atoms with E-state index in [-0.39, 0.29) is 16.9 Å². The Morgan fingerprint density at radius 2 is 1.87 bits per heavy atom. The van der Waals surface area contributed by atoms with Gasteiger partial charge in [-0.1, -0.05) is 17.7 Å². The van der Waals surface area contributed by atoms with Crippen LogP contribution in [0.5, 0.6) is 0 Å². The monoisotopic (exact) mass is 326 g/mol. The topological polar surface area (TPSA) is 80.9 Å². The van der Waals surface area contributed by atoms with Gasteiger partial charge in [0.2, 0.25) is 11.0 Å². The van der Waals surface area contributed by atoms with Gasteiger partial charge in [0.05, 0.1) is 6.54 Å². The highest BCUT2D eigenvalue weighted by atomic mass is 32.2. The summed E-state index contributed by atoms with van der Waals surface area (Å²) in [6.07, 6.45) is 3.28. The van der Waals surface area contributed by atoms with Gasteiger partial charge in [-0.25, -0.2) is 0 Å². The average molecular weight is 326 g/mol. The van der Waals surface area contributed by atoms with Crippen molar-refractivity contribution in [2.24, 2.45) is 0 Å². The number of nitrogens with zero attached hydrogens (tertiary/aromatic N) is 3. The maximum Gasteiger partial charge on any atom is 0.284 e. The zero-order valence-corrected chi connectivity index (χ0v) is 13.2. The first-order valence-corrected chi connectivity index (χ1v) is 7.77. The predicted octanol–water partition coefficient (Wildman–Crippen LogP) is 3.17. The van der Waals surface area contributed by atoms with E-state index in [1.807, 2.05) is 31.2 Å². The van der Waals surface area contributed by atoms with E-state index in [4.69, 9.17) is 4.42 Å². The quantitative estimate of drug-likeness (QED) is 0.721. The first-order valence-electron chi connectivity index (χ1n) is 6.96. The van der Waals surface area contributed by atoms with Gasteiger partial charge in [-0.3, -0.25) is 9.78 Å². The minimum absolute atomic E-state index is 0.101. The van der Waals surface area contributed by atoms with E-state index in [1.54, 1.807) is 24.5 Å². The summed E-state index contributed by atoms with van der Waals surface area (Å²) in [5.74, 6) is 0.370. The maximum absolute atomic E-state index is 12.0. The zero-order valence-electron chi connectivity index (χ0n) is 12.4. The van der Waals surface area contributed by atoms with Crippen LogP contribution in [0.15, 0.2) is 58.4 Å². The molecular weight excluding hydrogens is 312 g/mol. The minimum atomic E-state index is -0.101. The highest BCUT2D eigenvalue weighted by molar-refractivity contribution is 8.13. The summed E-state index contributed by atoms with van der Waals surface area (Å²) >= 11 is 0.924. The number of nitrogens with one attached hydrogen (secondary N) is 1. The molecule has 0 aliphatic carbocycles. The number of carbonyl (C=O) groups excluding carboxylic acids is 1.